The van der Waals surface area contributed by atoms with E-state index in [0.29, 0.717) is 35.1 Å². The Morgan fingerprint density at radius 2 is 1.47 bits per heavy atom. The van der Waals surface area contributed by atoms with Crippen molar-refractivity contribution >= 4 is 34.8 Å². The minimum atomic E-state index is 0.00109. The molecule has 36 heavy (non-hydrogen) atoms. The summed E-state index contributed by atoms with van der Waals surface area (Å²) < 4.78 is 1.65. The molecular formula is C28H26ClN5O2. The molecule has 0 unspecified atom stereocenters. The second kappa shape index (κ2) is 9.87. The lowest BCUT2D eigenvalue weighted by Crippen LogP contribution is -2.48. The van der Waals surface area contributed by atoms with Gasteiger partial charge in [0.15, 0.2) is 5.78 Å². The fraction of sp³-hybridized carbons (Fsp3) is 0.179. The fourth-order valence-electron chi connectivity index (χ4n) is 4.39. The molecule has 1 aliphatic rings. The molecule has 0 saturated carbocycles. The van der Waals surface area contributed by atoms with Crippen LogP contribution in [0.1, 0.15) is 27.6 Å². The highest BCUT2D eigenvalue weighted by Gasteiger charge is 2.22. The summed E-state index contributed by atoms with van der Waals surface area (Å²) in [5.74, 6) is 0.553. The van der Waals surface area contributed by atoms with E-state index < -0.39 is 0 Å². The normalized spacial score (nSPS) is 13.6. The summed E-state index contributed by atoms with van der Waals surface area (Å²) in [6, 6.07) is 24.2. The number of nitrogen functional groups attached to an aromatic ring is 1. The Morgan fingerprint density at radius 3 is 2.11 bits per heavy atom. The molecule has 0 spiro atoms. The molecule has 4 aromatic rings. The number of ketones is 1. The molecule has 182 valence electrons. The van der Waals surface area contributed by atoms with Crippen LogP contribution in [0, 0.1) is 0 Å². The van der Waals surface area contributed by atoms with E-state index in [1.807, 2.05) is 77.7 Å². The van der Waals surface area contributed by atoms with Crippen LogP contribution in [0.25, 0.3) is 16.9 Å². The number of halogens is 1. The number of amides is 1. The number of aromatic nitrogens is 2. The summed E-state index contributed by atoms with van der Waals surface area (Å²) in [6.07, 6.45) is 0. The van der Waals surface area contributed by atoms with E-state index in [2.05, 4.69) is 10.00 Å². The summed E-state index contributed by atoms with van der Waals surface area (Å²) in [5.41, 5.74) is 11.0. The van der Waals surface area contributed by atoms with Gasteiger partial charge in [0.25, 0.3) is 5.91 Å². The summed E-state index contributed by atoms with van der Waals surface area (Å²) in [7, 11) is 0. The van der Waals surface area contributed by atoms with Gasteiger partial charge in [0, 0.05) is 59.6 Å². The van der Waals surface area contributed by atoms with E-state index in [4.69, 9.17) is 17.3 Å². The SMILES string of the molecule is CC(=O)c1ccc(N2CCN(C(=O)c3ccc(-n4nc(-c5cccc(Cl)c5)cc4N)cc3)CC2)cc1. The van der Waals surface area contributed by atoms with E-state index in [9.17, 15) is 9.59 Å². The molecule has 1 fully saturated rings. The molecule has 1 aliphatic heterocycles. The van der Waals surface area contributed by atoms with Gasteiger partial charge < -0.3 is 15.5 Å². The molecule has 0 radical (unpaired) electrons. The van der Waals surface area contributed by atoms with Gasteiger partial charge in [-0.25, -0.2) is 4.68 Å². The molecular weight excluding hydrogens is 474 g/mol. The summed E-state index contributed by atoms with van der Waals surface area (Å²) in [5, 5.41) is 5.26. The van der Waals surface area contributed by atoms with Gasteiger partial charge in [0.2, 0.25) is 0 Å². The number of nitrogens with two attached hydrogens (primary N) is 1. The predicted octanol–water partition coefficient (Wildman–Crippen LogP) is 4.94. The molecule has 1 saturated heterocycles. The number of Topliss-reactive ketones (excluding diaryl/α,β-unsaturated/α-hetero) is 1. The van der Waals surface area contributed by atoms with Crippen LogP contribution in [-0.2, 0) is 0 Å². The summed E-state index contributed by atoms with van der Waals surface area (Å²) in [4.78, 5) is 28.7. The maximum absolute atomic E-state index is 13.1. The van der Waals surface area contributed by atoms with Crippen LogP contribution >= 0.6 is 11.6 Å². The number of hydrogen-bond donors (Lipinski definition) is 1. The number of carbonyl (C=O) groups excluding carboxylic acids is 2. The van der Waals surface area contributed by atoms with Crippen molar-refractivity contribution in [2.24, 2.45) is 0 Å². The third-order valence-electron chi connectivity index (χ3n) is 6.42. The fourth-order valence-corrected chi connectivity index (χ4v) is 4.58. The Labute approximate surface area is 214 Å². The van der Waals surface area contributed by atoms with Crippen molar-refractivity contribution in [2.75, 3.05) is 36.8 Å². The molecule has 0 bridgehead atoms. The Bertz CT molecular complexity index is 1400. The lowest BCUT2D eigenvalue weighted by molar-refractivity contribution is 0.0746. The first kappa shape index (κ1) is 23.6. The number of hydrogen-bond acceptors (Lipinski definition) is 5. The molecule has 2 heterocycles. The second-order valence-corrected chi connectivity index (χ2v) is 9.24. The second-order valence-electron chi connectivity index (χ2n) is 8.81. The van der Waals surface area contributed by atoms with Gasteiger partial charge in [-0.2, -0.15) is 5.10 Å². The zero-order valence-electron chi connectivity index (χ0n) is 19.9. The van der Waals surface area contributed by atoms with Gasteiger partial charge in [-0.05, 0) is 67.6 Å². The van der Waals surface area contributed by atoms with Crippen molar-refractivity contribution < 1.29 is 9.59 Å². The van der Waals surface area contributed by atoms with Crippen LogP contribution in [0.5, 0.6) is 0 Å². The molecule has 0 aliphatic carbocycles. The Kier molecular flexibility index (Phi) is 6.48. The first-order valence-corrected chi connectivity index (χ1v) is 12.1. The number of nitrogens with zero attached hydrogens (tertiary/aromatic N) is 4. The van der Waals surface area contributed by atoms with Gasteiger partial charge in [-0.15, -0.1) is 0 Å². The average Bonchev–Trinajstić information content (AvgIpc) is 3.30. The van der Waals surface area contributed by atoms with Crippen LogP contribution in [0.3, 0.4) is 0 Å². The molecule has 1 aromatic heterocycles. The maximum Gasteiger partial charge on any atom is 0.253 e. The molecule has 7 nitrogen and oxygen atoms in total. The molecule has 8 heteroatoms. The largest absolute Gasteiger partial charge is 0.384 e. The average molecular weight is 500 g/mol. The van der Waals surface area contributed by atoms with E-state index >= 15 is 0 Å². The topological polar surface area (TPSA) is 84.5 Å². The van der Waals surface area contributed by atoms with Crippen LogP contribution in [0.2, 0.25) is 5.02 Å². The van der Waals surface area contributed by atoms with Gasteiger partial charge >= 0.3 is 0 Å². The lowest BCUT2D eigenvalue weighted by Gasteiger charge is -2.36. The summed E-state index contributed by atoms with van der Waals surface area (Å²) in [6.45, 7) is 4.29. The van der Waals surface area contributed by atoms with E-state index in [1.54, 1.807) is 17.7 Å². The molecule has 0 atom stereocenters. The number of benzene rings is 3. The van der Waals surface area contributed by atoms with E-state index in [-0.39, 0.29) is 11.7 Å². The molecule has 1 amide bonds. The monoisotopic (exact) mass is 499 g/mol. The highest BCUT2D eigenvalue weighted by Crippen LogP contribution is 2.26. The van der Waals surface area contributed by atoms with Gasteiger partial charge in [0.05, 0.1) is 11.4 Å². The predicted molar refractivity (Wildman–Crippen MR) is 143 cm³/mol. The standard InChI is InChI=1S/C28H26ClN5O2/c1-19(35)20-5-9-24(10-6-20)32-13-15-33(16-14-32)28(36)21-7-11-25(12-8-21)34-27(30)18-26(31-34)22-3-2-4-23(29)17-22/h2-12,17-18H,13-16,30H2,1H3. The number of carbonyl (C=O) groups is 2. The van der Waals surface area contributed by atoms with Crippen molar-refractivity contribution in [3.05, 3.63) is 95.0 Å². The number of rotatable bonds is 5. The highest BCUT2D eigenvalue weighted by atomic mass is 35.5. The smallest absolute Gasteiger partial charge is 0.253 e. The van der Waals surface area contributed by atoms with Crippen molar-refractivity contribution in [2.45, 2.75) is 6.92 Å². The van der Waals surface area contributed by atoms with Crippen molar-refractivity contribution in [1.29, 1.82) is 0 Å². The first-order valence-electron chi connectivity index (χ1n) is 11.8. The maximum atomic E-state index is 13.1. The van der Waals surface area contributed by atoms with Crippen LogP contribution in [-0.4, -0.2) is 52.5 Å². The zero-order valence-corrected chi connectivity index (χ0v) is 20.7. The first-order chi connectivity index (χ1) is 17.4. The van der Waals surface area contributed by atoms with Gasteiger partial charge in [0.1, 0.15) is 5.82 Å². The number of anilines is 2. The molecule has 5 rings (SSSR count). The van der Waals surface area contributed by atoms with E-state index in [0.717, 1.165) is 35.7 Å². The summed E-state index contributed by atoms with van der Waals surface area (Å²) >= 11 is 6.11. The van der Waals surface area contributed by atoms with Gasteiger partial charge in [-0.3, -0.25) is 9.59 Å². The molecule has 2 N–H and O–H groups in total. The third kappa shape index (κ3) is 4.83. The number of piperazine rings is 1. The zero-order chi connectivity index (χ0) is 25.2. The van der Waals surface area contributed by atoms with Crippen molar-refractivity contribution in [1.82, 2.24) is 14.7 Å². The van der Waals surface area contributed by atoms with Crippen LogP contribution in [0.15, 0.2) is 78.9 Å². The lowest BCUT2D eigenvalue weighted by atomic mass is 10.1. The van der Waals surface area contributed by atoms with Crippen LogP contribution in [0.4, 0.5) is 11.5 Å². The minimum absolute atomic E-state index is 0.00109. The van der Waals surface area contributed by atoms with Crippen molar-refractivity contribution in [3.8, 4) is 16.9 Å². The quantitative estimate of drug-likeness (QED) is 0.393. The minimum Gasteiger partial charge on any atom is -0.384 e. The Hall–Kier alpha value is -4.10. The van der Waals surface area contributed by atoms with Crippen LogP contribution < -0.4 is 10.6 Å². The van der Waals surface area contributed by atoms with E-state index in [1.165, 1.54) is 0 Å². The Morgan fingerprint density at radius 1 is 0.833 bits per heavy atom. The van der Waals surface area contributed by atoms with Crippen molar-refractivity contribution in [3.63, 3.8) is 0 Å². The molecule has 3 aromatic carbocycles. The third-order valence-corrected chi connectivity index (χ3v) is 6.66. The van der Waals surface area contributed by atoms with Gasteiger partial charge in [-0.1, -0.05) is 23.7 Å². The Balaban J connectivity index is 1.24. The highest BCUT2D eigenvalue weighted by molar-refractivity contribution is 6.30.